The molecule has 3 aliphatic carbocycles. The van der Waals surface area contributed by atoms with E-state index in [0.29, 0.717) is 5.57 Å². The van der Waals surface area contributed by atoms with Crippen LogP contribution in [0.2, 0.25) is 0 Å². The van der Waals surface area contributed by atoms with Gasteiger partial charge in [-0.1, -0.05) is 70.4 Å². The highest BCUT2D eigenvalue weighted by atomic mass is 16.9. The number of allylic oxidation sites excluding steroid dienone is 3. The summed E-state index contributed by atoms with van der Waals surface area (Å²) in [4.78, 5) is 26.3. The first kappa shape index (κ1) is 31.8. The van der Waals surface area contributed by atoms with Gasteiger partial charge in [-0.25, -0.2) is 0 Å². The first-order valence-corrected chi connectivity index (χ1v) is 16.0. The molecular weight excluding hydrogens is 568 g/mol. The molecule has 5 fully saturated rings. The second-order valence-electron chi connectivity index (χ2n) is 13.6. The van der Waals surface area contributed by atoms with E-state index < -0.39 is 88.9 Å². The molecule has 0 aromatic carbocycles. The fourth-order valence-electron chi connectivity index (χ4n) is 9.02. The molecule has 2 saturated carbocycles. The maximum atomic E-state index is 13.7. The van der Waals surface area contributed by atoms with Crippen molar-refractivity contribution in [3.8, 4) is 0 Å². The predicted octanol–water partition coefficient (Wildman–Crippen LogP) is 3.19. The number of carbonyl (C=O) groups excluding carboxylic acids is 2. The first-order valence-electron chi connectivity index (χ1n) is 16.0. The summed E-state index contributed by atoms with van der Waals surface area (Å²) < 4.78 is 32.5. The summed E-state index contributed by atoms with van der Waals surface area (Å²) in [5.41, 5.74) is -6.12. The first-order chi connectivity index (χ1) is 20.8. The third-order valence-corrected chi connectivity index (χ3v) is 11.1. The van der Waals surface area contributed by atoms with Gasteiger partial charge in [-0.2, -0.15) is 0 Å². The van der Waals surface area contributed by atoms with Crippen LogP contribution in [0.25, 0.3) is 0 Å². The van der Waals surface area contributed by atoms with Gasteiger partial charge in [-0.15, -0.1) is 0 Å². The van der Waals surface area contributed by atoms with Crippen LogP contribution in [0.4, 0.5) is 0 Å². The lowest BCUT2D eigenvalue weighted by atomic mass is 9.53. The van der Waals surface area contributed by atoms with E-state index in [-0.39, 0.29) is 5.57 Å². The van der Waals surface area contributed by atoms with E-state index in [9.17, 15) is 24.9 Å². The summed E-state index contributed by atoms with van der Waals surface area (Å²) in [7, 11) is 0. The van der Waals surface area contributed by atoms with Gasteiger partial charge in [0.2, 0.25) is 0 Å². The Bertz CT molecular complexity index is 1320. The molecule has 6 aliphatic rings. The van der Waals surface area contributed by atoms with E-state index in [1.807, 2.05) is 13.0 Å². The van der Waals surface area contributed by atoms with Crippen molar-refractivity contribution < 1.29 is 48.6 Å². The molecule has 0 aromatic heterocycles. The van der Waals surface area contributed by atoms with Gasteiger partial charge in [0.1, 0.15) is 30.0 Å². The van der Waals surface area contributed by atoms with E-state index in [1.165, 1.54) is 32.6 Å². The number of hydrogen-bond donors (Lipinski definition) is 3. The number of aliphatic hydroxyl groups excluding tert-OH is 2. The summed E-state index contributed by atoms with van der Waals surface area (Å²) in [6, 6.07) is 0. The number of hydrogen-bond acceptors (Lipinski definition) is 10. The SMILES string of the molecule is C=C(C)C12OC3(C=CC=CCCCCCCC)OC1C1C4OC4(CO)C(O)C4(O)C(=O)C(C)=CC4C1(O3)C(C)C2OC(C)=O. The van der Waals surface area contributed by atoms with Crippen molar-refractivity contribution in [1.29, 1.82) is 0 Å². The van der Waals surface area contributed by atoms with Gasteiger partial charge >= 0.3 is 11.9 Å². The number of rotatable bonds is 11. The number of Topliss-reactive ketones (excluding diaryl/α,β-unsaturated/α-hetero) is 1. The van der Waals surface area contributed by atoms with Crippen LogP contribution in [0, 0.1) is 17.8 Å². The van der Waals surface area contributed by atoms with Crippen LogP contribution >= 0.6 is 0 Å². The predicted molar refractivity (Wildman–Crippen MR) is 158 cm³/mol. The zero-order valence-electron chi connectivity index (χ0n) is 26.3. The Hall–Kier alpha value is -2.18. The Balaban J connectivity index is 1.47. The summed E-state index contributed by atoms with van der Waals surface area (Å²) in [6.45, 7) is 12.3. The highest BCUT2D eigenvalue weighted by Gasteiger charge is 2.90. The third-order valence-electron chi connectivity index (χ3n) is 11.1. The number of aliphatic hydroxyl groups is 3. The van der Waals surface area contributed by atoms with Gasteiger partial charge in [-0.3, -0.25) is 9.59 Å². The van der Waals surface area contributed by atoms with E-state index in [1.54, 1.807) is 32.1 Å². The highest BCUT2D eigenvalue weighted by molar-refractivity contribution is 6.05. The summed E-state index contributed by atoms with van der Waals surface area (Å²) in [5, 5.41) is 34.5. The van der Waals surface area contributed by atoms with Crippen LogP contribution in [0.3, 0.4) is 0 Å². The van der Waals surface area contributed by atoms with E-state index in [2.05, 4.69) is 19.6 Å². The van der Waals surface area contributed by atoms with Crippen LogP contribution in [0.1, 0.15) is 73.1 Å². The third kappa shape index (κ3) is 3.98. The van der Waals surface area contributed by atoms with E-state index in [4.69, 9.17) is 23.7 Å². The molecule has 0 amide bonds. The molecule has 3 bridgehead atoms. The minimum Gasteiger partial charge on any atom is -0.459 e. The fourth-order valence-corrected chi connectivity index (χ4v) is 9.02. The summed E-state index contributed by atoms with van der Waals surface area (Å²) in [5.74, 6) is -5.58. The fraction of sp³-hybridized carbons (Fsp3) is 0.706. The van der Waals surface area contributed by atoms with Crippen molar-refractivity contribution >= 4 is 11.8 Å². The molecule has 3 saturated heterocycles. The number of ether oxygens (including phenoxy) is 5. The number of epoxide rings is 1. The van der Waals surface area contributed by atoms with Crippen molar-refractivity contribution in [3.63, 3.8) is 0 Å². The maximum absolute atomic E-state index is 13.7. The van der Waals surface area contributed by atoms with Gasteiger partial charge in [0, 0.05) is 30.8 Å². The number of esters is 1. The van der Waals surface area contributed by atoms with Gasteiger partial charge < -0.3 is 39.0 Å². The van der Waals surface area contributed by atoms with Crippen LogP contribution in [-0.2, 0) is 33.3 Å². The monoisotopic (exact) mass is 614 g/mol. The van der Waals surface area contributed by atoms with Crippen molar-refractivity contribution in [1.82, 2.24) is 0 Å². The molecule has 6 rings (SSSR count). The van der Waals surface area contributed by atoms with Crippen molar-refractivity contribution in [3.05, 3.63) is 48.1 Å². The van der Waals surface area contributed by atoms with Crippen molar-refractivity contribution in [2.75, 3.05) is 6.61 Å². The summed E-state index contributed by atoms with van der Waals surface area (Å²) >= 11 is 0. The molecule has 0 spiro atoms. The Morgan fingerprint density at radius 1 is 1.11 bits per heavy atom. The smallest absolute Gasteiger partial charge is 0.307 e. The number of carbonyl (C=O) groups is 2. The molecule has 0 radical (unpaired) electrons. The van der Waals surface area contributed by atoms with E-state index >= 15 is 0 Å². The summed E-state index contributed by atoms with van der Waals surface area (Å²) in [6.07, 6.45) is 11.4. The van der Waals surface area contributed by atoms with Crippen LogP contribution in [0.15, 0.2) is 48.1 Å². The number of fused-ring (bicyclic) bond motifs is 3. The Morgan fingerprint density at radius 3 is 2.50 bits per heavy atom. The minimum absolute atomic E-state index is 0.250. The molecule has 0 aromatic rings. The molecule has 3 aliphatic heterocycles. The normalized spacial score (nSPS) is 48.2. The van der Waals surface area contributed by atoms with Gasteiger partial charge in [0.05, 0.1) is 12.2 Å². The number of ketones is 1. The Labute approximate surface area is 258 Å². The largest absolute Gasteiger partial charge is 0.459 e. The average molecular weight is 615 g/mol. The van der Waals surface area contributed by atoms with Gasteiger partial charge in [0.15, 0.2) is 17.0 Å². The topological polar surface area (TPSA) is 144 Å². The molecule has 12 unspecified atom stereocenters. The molecule has 3 N–H and O–H groups in total. The highest BCUT2D eigenvalue weighted by Crippen LogP contribution is 2.73. The second kappa shape index (κ2) is 10.7. The standard InChI is InChI=1S/C34H46O10/c1-7-8-9-10-11-12-13-14-15-16-31-42-28-24-27-30(18-35,41-27)29(38)32(39)23(17-20(4)25(32)37)34(24,44-31)21(5)26(40-22(6)36)33(28,43-31)19(2)3/h13-17,21,23-24,26-29,35,38-39H,2,7-12,18H2,1,3-6H3. The van der Waals surface area contributed by atoms with Crippen LogP contribution in [0.5, 0.6) is 0 Å². The zero-order valence-corrected chi connectivity index (χ0v) is 26.3. The second-order valence-corrected chi connectivity index (χ2v) is 13.6. The molecule has 242 valence electrons. The molecule has 3 heterocycles. The minimum atomic E-state index is -2.38. The van der Waals surface area contributed by atoms with Crippen molar-refractivity contribution in [2.45, 2.75) is 126 Å². The molecular formula is C34H46O10. The quantitative estimate of drug-likeness (QED) is 0.104. The van der Waals surface area contributed by atoms with E-state index in [0.717, 1.165) is 12.8 Å². The van der Waals surface area contributed by atoms with Gasteiger partial charge in [-0.05, 0) is 37.8 Å². The lowest BCUT2D eigenvalue weighted by molar-refractivity contribution is -0.407. The average Bonchev–Trinajstić information content (AvgIpc) is 3.60. The Morgan fingerprint density at radius 2 is 1.84 bits per heavy atom. The van der Waals surface area contributed by atoms with Crippen LogP contribution < -0.4 is 0 Å². The molecule has 12 atom stereocenters. The van der Waals surface area contributed by atoms with Crippen molar-refractivity contribution in [2.24, 2.45) is 17.8 Å². The zero-order chi connectivity index (χ0) is 31.9. The lowest BCUT2D eigenvalue weighted by Crippen LogP contribution is -2.76. The number of unbranched alkanes of at least 4 members (excludes halogenated alkanes) is 5. The van der Waals surface area contributed by atoms with Gasteiger partial charge in [0.25, 0.3) is 0 Å². The Kier molecular flexibility index (Phi) is 7.72. The molecule has 10 heteroatoms. The lowest BCUT2D eigenvalue weighted by Gasteiger charge is -2.61. The van der Waals surface area contributed by atoms with Crippen LogP contribution in [-0.4, -0.2) is 86.5 Å². The maximum Gasteiger partial charge on any atom is 0.307 e. The molecule has 10 nitrogen and oxygen atoms in total. The molecule has 44 heavy (non-hydrogen) atoms.